The van der Waals surface area contributed by atoms with E-state index in [0.29, 0.717) is 22.9 Å². The molecule has 7 nitrogen and oxygen atoms in total. The highest BCUT2D eigenvalue weighted by molar-refractivity contribution is 9.09. The SMILES string of the molecule is O=C1C2CC=C3C(CC4(Cl)C(=O)N(CBr)C(=O)C4(Cl)C3c3c(O)ccc4ccccc34)C2C(=O)N1C1CCCCC1. The van der Waals surface area contributed by atoms with Gasteiger partial charge in [-0.05, 0) is 48.4 Å². The van der Waals surface area contributed by atoms with Gasteiger partial charge in [-0.25, -0.2) is 0 Å². The summed E-state index contributed by atoms with van der Waals surface area (Å²) in [6, 6.07) is 10.7. The van der Waals surface area contributed by atoms with Gasteiger partial charge in [0.1, 0.15) is 5.75 Å². The van der Waals surface area contributed by atoms with Gasteiger partial charge in [-0.2, -0.15) is 0 Å². The van der Waals surface area contributed by atoms with Crippen LogP contribution in [0.4, 0.5) is 0 Å². The zero-order valence-corrected chi connectivity index (χ0v) is 25.3. The quantitative estimate of drug-likeness (QED) is 0.201. The summed E-state index contributed by atoms with van der Waals surface area (Å²) in [4.78, 5) is 54.5. The fraction of sp³-hybridized carbons (Fsp3) is 0.484. The second kappa shape index (κ2) is 9.55. The zero-order valence-electron chi connectivity index (χ0n) is 22.2. The maximum absolute atomic E-state index is 14.2. The van der Waals surface area contributed by atoms with Crippen LogP contribution in [-0.4, -0.2) is 59.8 Å². The number of phenolic OH excluding ortho intramolecular Hbond substituents is 1. The number of imide groups is 2. The van der Waals surface area contributed by atoms with Crippen LogP contribution in [0.5, 0.6) is 5.75 Å². The van der Waals surface area contributed by atoms with Crippen molar-refractivity contribution in [2.75, 3.05) is 5.45 Å². The number of hydrogen-bond acceptors (Lipinski definition) is 5. The molecule has 6 unspecified atom stereocenters. The summed E-state index contributed by atoms with van der Waals surface area (Å²) in [7, 11) is 0. The van der Waals surface area contributed by atoms with Crippen molar-refractivity contribution in [1.82, 2.24) is 9.80 Å². The highest BCUT2D eigenvalue weighted by Gasteiger charge is 2.76. The molecule has 2 aromatic carbocycles. The Morgan fingerprint density at radius 2 is 1.66 bits per heavy atom. The minimum Gasteiger partial charge on any atom is -0.508 e. The predicted octanol–water partition coefficient (Wildman–Crippen LogP) is 5.59. The van der Waals surface area contributed by atoms with Crippen molar-refractivity contribution in [3.05, 3.63) is 53.6 Å². The number of carbonyl (C=O) groups excluding carboxylic acids is 4. The van der Waals surface area contributed by atoms with Gasteiger partial charge in [0.25, 0.3) is 11.8 Å². The van der Waals surface area contributed by atoms with Gasteiger partial charge in [0.05, 0.1) is 17.3 Å². The smallest absolute Gasteiger partial charge is 0.254 e. The van der Waals surface area contributed by atoms with Crippen LogP contribution in [0.2, 0.25) is 0 Å². The summed E-state index contributed by atoms with van der Waals surface area (Å²) in [5.74, 6) is -4.60. The minimum absolute atomic E-state index is 0.0569. The molecule has 2 aliphatic heterocycles. The first-order valence-electron chi connectivity index (χ1n) is 14.2. The van der Waals surface area contributed by atoms with Crippen LogP contribution in [0, 0.1) is 17.8 Å². The summed E-state index contributed by atoms with van der Waals surface area (Å²) in [6.07, 6.45) is 6.82. The van der Waals surface area contributed by atoms with Crippen LogP contribution < -0.4 is 0 Å². The van der Waals surface area contributed by atoms with E-state index in [9.17, 15) is 24.3 Å². The molecular formula is C31H29BrCl2N2O5. The molecule has 2 saturated heterocycles. The first-order chi connectivity index (χ1) is 19.6. The molecule has 2 heterocycles. The molecular weight excluding hydrogens is 631 g/mol. The molecule has 0 aromatic heterocycles. The number of fused-ring (bicyclic) bond motifs is 5. The molecule has 7 rings (SSSR count). The Labute approximate surface area is 255 Å². The van der Waals surface area contributed by atoms with Crippen LogP contribution in [0.15, 0.2) is 48.0 Å². The van der Waals surface area contributed by atoms with Gasteiger partial charge in [-0.15, -0.1) is 23.2 Å². The standard InChI is InChI=1S/C31H29BrCl2N2O5/c32-15-35-28(40)30(33)14-21-19(11-12-20-23(21)27(39)36(26(20)38)17-7-2-1-3-8-17)25(31(30,34)29(35)41)24-18-9-5-4-6-16(18)10-13-22(24)37/h4-6,9-11,13,17,20-21,23,25,37H,1-3,7-8,12,14-15H2. The average molecular weight is 660 g/mol. The molecule has 2 aromatic rings. The fourth-order valence-corrected chi connectivity index (χ4v) is 9.79. The monoisotopic (exact) mass is 658 g/mol. The van der Waals surface area contributed by atoms with Crippen LogP contribution in [-0.2, 0) is 19.2 Å². The Hall–Kier alpha value is -2.42. The highest BCUT2D eigenvalue weighted by atomic mass is 79.9. The molecule has 0 spiro atoms. The number of phenols is 1. The van der Waals surface area contributed by atoms with E-state index in [0.717, 1.165) is 42.4 Å². The van der Waals surface area contributed by atoms with Crippen molar-refractivity contribution >= 4 is 73.5 Å². The normalized spacial score (nSPS) is 35.5. The van der Waals surface area contributed by atoms with Crippen molar-refractivity contribution < 1.29 is 24.3 Å². The average Bonchev–Trinajstić information content (AvgIpc) is 3.31. The van der Waals surface area contributed by atoms with E-state index in [4.69, 9.17) is 23.2 Å². The Balaban J connectivity index is 1.44. The lowest BCUT2D eigenvalue weighted by atomic mass is 9.56. The fourth-order valence-electron chi connectivity index (χ4n) is 8.38. The van der Waals surface area contributed by atoms with E-state index in [-0.39, 0.29) is 35.5 Å². The number of benzene rings is 2. The van der Waals surface area contributed by atoms with Gasteiger partial charge in [0, 0.05) is 17.5 Å². The van der Waals surface area contributed by atoms with Gasteiger partial charge in [0.2, 0.25) is 11.8 Å². The highest BCUT2D eigenvalue weighted by Crippen LogP contribution is 2.66. The number of amides is 4. The van der Waals surface area contributed by atoms with Crippen LogP contribution in [0.1, 0.15) is 56.4 Å². The minimum atomic E-state index is -1.95. The number of aromatic hydroxyl groups is 1. The molecule has 2 saturated carbocycles. The van der Waals surface area contributed by atoms with Gasteiger partial charge in [-0.3, -0.25) is 29.0 Å². The van der Waals surface area contributed by atoms with Crippen LogP contribution in [0.3, 0.4) is 0 Å². The number of alkyl halides is 3. The molecule has 0 bridgehead atoms. The van der Waals surface area contributed by atoms with Crippen LogP contribution >= 0.6 is 39.1 Å². The number of likely N-dealkylation sites (tertiary alicyclic amines) is 2. The first kappa shape index (κ1) is 27.4. The van der Waals surface area contributed by atoms with E-state index in [1.165, 1.54) is 4.90 Å². The molecule has 1 N–H and O–H groups in total. The molecule has 3 aliphatic carbocycles. The Morgan fingerprint density at radius 3 is 2.39 bits per heavy atom. The third-order valence-electron chi connectivity index (χ3n) is 10.2. The van der Waals surface area contributed by atoms with Gasteiger partial charge in [-0.1, -0.05) is 77.2 Å². The van der Waals surface area contributed by atoms with E-state index < -0.39 is 45.2 Å². The first-order valence-corrected chi connectivity index (χ1v) is 16.1. The topological polar surface area (TPSA) is 95.0 Å². The Morgan fingerprint density at radius 1 is 0.927 bits per heavy atom. The number of allylic oxidation sites excluding steroid dienone is 2. The van der Waals surface area contributed by atoms with Crippen molar-refractivity contribution in [2.24, 2.45) is 17.8 Å². The molecule has 10 heteroatoms. The number of carbonyl (C=O) groups is 4. The zero-order chi connectivity index (χ0) is 28.8. The molecule has 4 amide bonds. The molecule has 6 atom stereocenters. The third-order valence-corrected chi connectivity index (χ3v) is 12.1. The van der Waals surface area contributed by atoms with Crippen molar-refractivity contribution in [3.63, 3.8) is 0 Å². The van der Waals surface area contributed by atoms with Crippen molar-refractivity contribution in [1.29, 1.82) is 0 Å². The number of halogens is 3. The Kier molecular flexibility index (Phi) is 6.38. The second-order valence-electron chi connectivity index (χ2n) is 12.0. The molecule has 0 radical (unpaired) electrons. The summed E-state index contributed by atoms with van der Waals surface area (Å²) >= 11 is 17.9. The van der Waals surface area contributed by atoms with Gasteiger partial charge in [0.15, 0.2) is 9.75 Å². The summed E-state index contributed by atoms with van der Waals surface area (Å²) in [5.41, 5.74) is 0.995. The van der Waals surface area contributed by atoms with Gasteiger partial charge < -0.3 is 5.11 Å². The third kappa shape index (κ3) is 3.50. The van der Waals surface area contributed by atoms with Gasteiger partial charge >= 0.3 is 0 Å². The second-order valence-corrected chi connectivity index (χ2v) is 13.8. The lowest BCUT2D eigenvalue weighted by Crippen LogP contribution is -2.60. The predicted molar refractivity (Wildman–Crippen MR) is 158 cm³/mol. The summed E-state index contributed by atoms with van der Waals surface area (Å²) < 4.78 is 0. The van der Waals surface area contributed by atoms with E-state index in [2.05, 4.69) is 15.9 Å². The Bertz CT molecular complexity index is 1560. The summed E-state index contributed by atoms with van der Waals surface area (Å²) in [5, 5.41) is 12.9. The van der Waals surface area contributed by atoms with Crippen molar-refractivity contribution in [3.8, 4) is 5.75 Å². The molecule has 5 aliphatic rings. The van der Waals surface area contributed by atoms with Crippen LogP contribution in [0.25, 0.3) is 10.8 Å². The number of hydrogen-bond donors (Lipinski definition) is 1. The van der Waals surface area contributed by atoms with E-state index >= 15 is 0 Å². The molecule has 214 valence electrons. The van der Waals surface area contributed by atoms with Crippen molar-refractivity contribution in [2.45, 2.75) is 66.7 Å². The van der Waals surface area contributed by atoms with E-state index in [1.54, 1.807) is 12.1 Å². The van der Waals surface area contributed by atoms with E-state index in [1.807, 2.05) is 30.3 Å². The molecule has 41 heavy (non-hydrogen) atoms. The summed E-state index contributed by atoms with van der Waals surface area (Å²) in [6.45, 7) is 0. The lowest BCUT2D eigenvalue weighted by molar-refractivity contribution is -0.144. The lowest BCUT2D eigenvalue weighted by Gasteiger charge is -2.51. The number of rotatable bonds is 3. The molecule has 4 fully saturated rings. The largest absolute Gasteiger partial charge is 0.508 e. The maximum atomic E-state index is 14.2. The maximum Gasteiger partial charge on any atom is 0.254 e. The number of nitrogens with zero attached hydrogens (tertiary/aromatic N) is 2.